The molecule has 0 amide bonds. The minimum Gasteiger partial charge on any atom is -0.492 e. The van der Waals surface area contributed by atoms with Crippen molar-refractivity contribution >= 4 is 16.3 Å². The Labute approximate surface area is 151 Å². The summed E-state index contributed by atoms with van der Waals surface area (Å²) in [6, 6.07) is 8.12. The highest BCUT2D eigenvalue weighted by Crippen LogP contribution is 2.39. The van der Waals surface area contributed by atoms with Gasteiger partial charge in [0.15, 0.2) is 5.82 Å². The lowest BCUT2D eigenvalue weighted by Gasteiger charge is -2.30. The number of fused-ring (bicyclic) bond motifs is 1. The number of aliphatic hydroxyl groups is 1. The normalized spacial score (nSPS) is 13.0. The Kier molecular flexibility index (Phi) is 5.36. The van der Waals surface area contributed by atoms with Gasteiger partial charge < -0.3 is 10.2 Å². The molecule has 1 aromatic carbocycles. The van der Waals surface area contributed by atoms with E-state index in [9.17, 15) is 10.2 Å². The smallest absolute Gasteiger partial charge is 0.230 e. The molecule has 7 heteroatoms. The summed E-state index contributed by atoms with van der Waals surface area (Å²) in [6.07, 6.45) is 0.732. The van der Waals surface area contributed by atoms with Crippen LogP contribution in [0.3, 0.4) is 0 Å². The van der Waals surface area contributed by atoms with E-state index in [1.165, 1.54) is 15.9 Å². The summed E-state index contributed by atoms with van der Waals surface area (Å²) in [5, 5.41) is 24.6. The second-order valence-corrected chi connectivity index (χ2v) is 7.04. The summed E-state index contributed by atoms with van der Waals surface area (Å²) in [5.74, 6) is 0.859. The number of nitrogens with zero attached hydrogens (tertiary/aromatic N) is 4. The van der Waals surface area contributed by atoms with E-state index in [1.54, 1.807) is 0 Å². The van der Waals surface area contributed by atoms with Crippen molar-refractivity contribution < 1.29 is 10.2 Å². The summed E-state index contributed by atoms with van der Waals surface area (Å²) in [7, 11) is 0. The molecule has 0 bridgehead atoms. The highest BCUT2D eigenvalue weighted by Gasteiger charge is 2.28. The molecule has 0 fully saturated rings. The number of thiazole rings is 1. The van der Waals surface area contributed by atoms with E-state index in [-0.39, 0.29) is 18.5 Å². The van der Waals surface area contributed by atoms with Gasteiger partial charge in [0.2, 0.25) is 10.8 Å². The first kappa shape index (κ1) is 17.8. The second-order valence-electron chi connectivity index (χ2n) is 6.03. The molecular weight excluding hydrogens is 336 g/mol. The molecule has 1 unspecified atom stereocenters. The zero-order chi connectivity index (χ0) is 18.0. The van der Waals surface area contributed by atoms with Crippen molar-refractivity contribution in [2.75, 3.05) is 19.7 Å². The maximum absolute atomic E-state index is 10.8. The first-order valence-electron chi connectivity index (χ1n) is 8.57. The molecule has 2 heterocycles. The number of hydrogen-bond acceptors (Lipinski definition) is 6. The summed E-state index contributed by atoms with van der Waals surface area (Å²) in [6.45, 7) is 7.46. The largest absolute Gasteiger partial charge is 0.492 e. The highest BCUT2D eigenvalue weighted by atomic mass is 32.1. The third-order valence-electron chi connectivity index (χ3n) is 4.32. The Morgan fingerprint density at radius 1 is 1.32 bits per heavy atom. The number of likely N-dealkylation sites (N-methyl/N-ethyl adjacent to an activating group) is 1. The Morgan fingerprint density at radius 3 is 2.72 bits per heavy atom. The molecule has 3 aromatic rings. The lowest BCUT2D eigenvalue weighted by molar-refractivity contribution is 0.174. The first-order valence-corrected chi connectivity index (χ1v) is 9.39. The van der Waals surface area contributed by atoms with E-state index in [4.69, 9.17) is 0 Å². The van der Waals surface area contributed by atoms with Crippen molar-refractivity contribution in [3.05, 3.63) is 46.1 Å². The molecule has 0 radical (unpaired) electrons. The zero-order valence-corrected chi connectivity index (χ0v) is 15.6. The van der Waals surface area contributed by atoms with Crippen LogP contribution in [0, 0.1) is 6.92 Å². The molecule has 0 saturated carbocycles. The Balaban J connectivity index is 2.13. The predicted octanol–water partition coefficient (Wildman–Crippen LogP) is 2.77. The summed E-state index contributed by atoms with van der Waals surface area (Å²) in [4.78, 5) is 8.13. The third-order valence-corrected chi connectivity index (χ3v) is 5.40. The van der Waals surface area contributed by atoms with E-state index in [1.807, 2.05) is 13.0 Å². The quantitative estimate of drug-likeness (QED) is 0.678. The van der Waals surface area contributed by atoms with Gasteiger partial charge in [-0.15, -0.1) is 5.10 Å². The Hall–Kier alpha value is -1.96. The standard InChI is InChI=1S/C18H24N4O2S/c1-4-14-19-18-22(20-14)17(24)16(25-18)15(21(5-2)9-10-23)13-8-6-7-12(3)11-13/h6-8,11,15,23-24H,4-5,9-10H2,1-3H3. The maximum atomic E-state index is 10.8. The molecule has 1 atom stereocenters. The van der Waals surface area contributed by atoms with Crippen molar-refractivity contribution in [1.29, 1.82) is 0 Å². The van der Waals surface area contributed by atoms with E-state index >= 15 is 0 Å². The van der Waals surface area contributed by atoms with Crippen molar-refractivity contribution in [3.8, 4) is 5.88 Å². The van der Waals surface area contributed by atoms with Crippen LogP contribution in [-0.2, 0) is 6.42 Å². The number of aromatic hydroxyl groups is 1. The van der Waals surface area contributed by atoms with Gasteiger partial charge in [0.1, 0.15) is 0 Å². The van der Waals surface area contributed by atoms with Crippen molar-refractivity contribution in [2.45, 2.75) is 33.2 Å². The van der Waals surface area contributed by atoms with E-state index in [2.05, 4.69) is 47.0 Å². The average Bonchev–Trinajstić information content (AvgIpc) is 3.14. The first-order chi connectivity index (χ1) is 12.1. The molecule has 2 N–H and O–H groups in total. The Morgan fingerprint density at radius 2 is 2.12 bits per heavy atom. The van der Waals surface area contributed by atoms with Crippen LogP contribution in [0.4, 0.5) is 0 Å². The predicted molar refractivity (Wildman–Crippen MR) is 99.3 cm³/mol. The third kappa shape index (κ3) is 3.40. The van der Waals surface area contributed by atoms with E-state index < -0.39 is 0 Å². The maximum Gasteiger partial charge on any atom is 0.230 e. The SMILES string of the molecule is CCc1nc2sc(C(c3cccc(C)c3)N(CC)CCO)c(O)n2n1. The van der Waals surface area contributed by atoms with Gasteiger partial charge >= 0.3 is 0 Å². The van der Waals surface area contributed by atoms with Gasteiger partial charge in [-0.25, -0.2) is 4.98 Å². The van der Waals surface area contributed by atoms with Gasteiger partial charge in [-0.2, -0.15) is 4.52 Å². The Bertz CT molecular complexity index is 858. The second kappa shape index (κ2) is 7.51. The van der Waals surface area contributed by atoms with E-state index in [0.717, 1.165) is 34.8 Å². The number of aryl methyl sites for hydroxylation is 2. The molecule has 134 valence electrons. The van der Waals surface area contributed by atoms with Gasteiger partial charge in [-0.1, -0.05) is 55.0 Å². The van der Waals surface area contributed by atoms with Gasteiger partial charge in [0.25, 0.3) is 0 Å². The number of benzene rings is 1. The van der Waals surface area contributed by atoms with Crippen LogP contribution in [-0.4, -0.2) is 49.4 Å². The highest BCUT2D eigenvalue weighted by molar-refractivity contribution is 7.17. The fraction of sp³-hybridized carbons (Fsp3) is 0.444. The molecule has 0 spiro atoms. The number of rotatable bonds is 7. The van der Waals surface area contributed by atoms with Gasteiger partial charge in [0, 0.05) is 13.0 Å². The molecule has 0 aliphatic rings. The lowest BCUT2D eigenvalue weighted by atomic mass is 10.0. The van der Waals surface area contributed by atoms with Crippen LogP contribution in [0.5, 0.6) is 5.88 Å². The molecule has 25 heavy (non-hydrogen) atoms. The van der Waals surface area contributed by atoms with Crippen LogP contribution in [0.25, 0.3) is 4.96 Å². The zero-order valence-electron chi connectivity index (χ0n) is 14.8. The number of hydrogen-bond donors (Lipinski definition) is 2. The van der Waals surface area contributed by atoms with Gasteiger partial charge in [-0.05, 0) is 19.0 Å². The average molecular weight is 360 g/mol. The molecular formula is C18H24N4O2S. The van der Waals surface area contributed by atoms with Gasteiger partial charge in [0.05, 0.1) is 17.5 Å². The molecule has 6 nitrogen and oxygen atoms in total. The van der Waals surface area contributed by atoms with Crippen molar-refractivity contribution in [3.63, 3.8) is 0 Å². The van der Waals surface area contributed by atoms with Crippen LogP contribution in [0.15, 0.2) is 24.3 Å². The summed E-state index contributed by atoms with van der Waals surface area (Å²) < 4.78 is 1.52. The monoisotopic (exact) mass is 360 g/mol. The van der Waals surface area contributed by atoms with Crippen LogP contribution in [0.2, 0.25) is 0 Å². The number of aliphatic hydroxyl groups excluding tert-OH is 1. The van der Waals surface area contributed by atoms with Crippen molar-refractivity contribution in [2.24, 2.45) is 0 Å². The fourth-order valence-electron chi connectivity index (χ4n) is 3.09. The van der Waals surface area contributed by atoms with E-state index in [0.29, 0.717) is 11.5 Å². The van der Waals surface area contributed by atoms with Crippen LogP contribution in [0.1, 0.15) is 41.7 Å². The molecule has 0 saturated heterocycles. The summed E-state index contributed by atoms with van der Waals surface area (Å²) >= 11 is 1.45. The van der Waals surface area contributed by atoms with Crippen LogP contribution >= 0.6 is 11.3 Å². The minimum atomic E-state index is -0.143. The minimum absolute atomic E-state index is 0.0671. The topological polar surface area (TPSA) is 73.9 Å². The number of aromatic nitrogens is 3. The molecule has 0 aliphatic heterocycles. The lowest BCUT2D eigenvalue weighted by Crippen LogP contribution is -2.31. The van der Waals surface area contributed by atoms with Gasteiger partial charge in [-0.3, -0.25) is 4.90 Å². The summed E-state index contributed by atoms with van der Waals surface area (Å²) in [5.41, 5.74) is 2.25. The van der Waals surface area contributed by atoms with Crippen LogP contribution < -0.4 is 0 Å². The molecule has 0 aliphatic carbocycles. The molecule has 3 rings (SSSR count). The fourth-order valence-corrected chi connectivity index (χ4v) is 4.22. The molecule has 2 aromatic heterocycles. The van der Waals surface area contributed by atoms with Crippen molar-refractivity contribution in [1.82, 2.24) is 19.5 Å².